The van der Waals surface area contributed by atoms with E-state index >= 15 is 0 Å². The lowest BCUT2D eigenvalue weighted by atomic mass is 9.61. The molecule has 0 radical (unpaired) electrons. The van der Waals surface area contributed by atoms with Crippen LogP contribution in [-0.4, -0.2) is 110 Å². The van der Waals surface area contributed by atoms with Gasteiger partial charge >= 0.3 is 11.9 Å². The summed E-state index contributed by atoms with van der Waals surface area (Å²) in [7, 11) is 8.16. The third-order valence-corrected chi connectivity index (χ3v) is 6.74. The lowest BCUT2D eigenvalue weighted by Gasteiger charge is -2.47. The molecule has 0 saturated heterocycles. The number of carboxylic acid groups (broad SMARTS) is 2. The molecular formula is C24H43N3O7. The van der Waals surface area contributed by atoms with Crippen LogP contribution >= 0.6 is 0 Å². The normalized spacial score (nSPS) is 27.6. The second-order valence-corrected chi connectivity index (χ2v) is 9.84. The molecule has 10 nitrogen and oxygen atoms in total. The smallest absolute Gasteiger partial charge is 0.414 e. The lowest BCUT2D eigenvalue weighted by molar-refractivity contribution is -0.159. The maximum absolute atomic E-state index is 11.4. The van der Waals surface area contributed by atoms with E-state index in [0.717, 1.165) is 64.8 Å². The van der Waals surface area contributed by atoms with Crippen LogP contribution in [0.5, 0.6) is 0 Å². The molecule has 0 aliphatic heterocycles. The zero-order valence-corrected chi connectivity index (χ0v) is 21.3. The standard InChI is InChI=1S/C22H41N3O3.C2H2O4/c1-21-10-8-19(7-6-14-27-15-12-24(2)3)17-22(21,26)11-9-20(21)18-23-28-16-13-25(4)5;3-1(4)2(5)6/h7,18,20,26H,6,8-17H2,1-5H3;(H,3,4)(H,5,6)/b19-7-,23-18+;/t20-,21-,22+;/m1./s1. The Morgan fingerprint density at radius 1 is 1.06 bits per heavy atom. The molecule has 0 aromatic carbocycles. The monoisotopic (exact) mass is 485 g/mol. The number of oxime groups is 1. The molecule has 2 fully saturated rings. The predicted molar refractivity (Wildman–Crippen MR) is 130 cm³/mol. The minimum atomic E-state index is -1.82. The molecular weight excluding hydrogens is 442 g/mol. The first kappa shape index (κ1) is 30.0. The summed E-state index contributed by atoms with van der Waals surface area (Å²) in [4.78, 5) is 27.8. The number of fused-ring (bicyclic) bond motifs is 1. The number of nitrogens with zero attached hydrogens (tertiary/aromatic N) is 3. The number of hydrogen-bond acceptors (Lipinski definition) is 8. The Morgan fingerprint density at radius 2 is 1.68 bits per heavy atom. The number of carbonyl (C=O) groups is 2. The van der Waals surface area contributed by atoms with Gasteiger partial charge in [0.25, 0.3) is 0 Å². The molecule has 3 atom stereocenters. The minimum absolute atomic E-state index is 0.110. The first-order valence-corrected chi connectivity index (χ1v) is 11.8. The van der Waals surface area contributed by atoms with Crippen molar-refractivity contribution < 1.29 is 34.5 Å². The summed E-state index contributed by atoms with van der Waals surface area (Å²) < 4.78 is 5.68. The summed E-state index contributed by atoms with van der Waals surface area (Å²) in [6, 6.07) is 0. The molecule has 2 rings (SSSR count). The maximum Gasteiger partial charge on any atom is 0.414 e. The highest BCUT2D eigenvalue weighted by Gasteiger charge is 2.57. The van der Waals surface area contributed by atoms with E-state index < -0.39 is 17.5 Å². The van der Waals surface area contributed by atoms with Crippen LogP contribution in [0.2, 0.25) is 0 Å². The Bertz CT molecular complexity index is 699. The van der Waals surface area contributed by atoms with Gasteiger partial charge in [0.05, 0.1) is 18.8 Å². The Balaban J connectivity index is 0.000000852. The largest absolute Gasteiger partial charge is 0.473 e. The van der Waals surface area contributed by atoms with E-state index in [0.29, 0.717) is 6.61 Å². The summed E-state index contributed by atoms with van der Waals surface area (Å²) in [5.41, 5.74) is 0.653. The van der Waals surface area contributed by atoms with Gasteiger partial charge in [-0.15, -0.1) is 0 Å². The summed E-state index contributed by atoms with van der Waals surface area (Å²) in [6.07, 6.45) is 9.84. The van der Waals surface area contributed by atoms with Crippen molar-refractivity contribution in [1.29, 1.82) is 0 Å². The molecule has 2 aliphatic rings. The van der Waals surface area contributed by atoms with Gasteiger partial charge in [0, 0.05) is 30.6 Å². The van der Waals surface area contributed by atoms with Crippen molar-refractivity contribution in [2.24, 2.45) is 16.5 Å². The van der Waals surface area contributed by atoms with Gasteiger partial charge in [-0.2, -0.15) is 0 Å². The van der Waals surface area contributed by atoms with Gasteiger partial charge in [0.2, 0.25) is 0 Å². The summed E-state index contributed by atoms with van der Waals surface area (Å²) in [5.74, 6) is -3.36. The highest BCUT2D eigenvalue weighted by Crippen LogP contribution is 2.58. The number of likely N-dealkylation sites (N-methyl/N-ethyl adjacent to an activating group) is 2. The van der Waals surface area contributed by atoms with E-state index in [1.165, 1.54) is 5.57 Å². The average molecular weight is 486 g/mol. The molecule has 196 valence electrons. The van der Waals surface area contributed by atoms with E-state index in [-0.39, 0.29) is 11.3 Å². The summed E-state index contributed by atoms with van der Waals surface area (Å²) in [6.45, 7) is 6.17. The fraction of sp³-hybridized carbons (Fsp3) is 0.792. The van der Waals surface area contributed by atoms with E-state index in [1.54, 1.807) is 0 Å². The molecule has 2 aliphatic carbocycles. The van der Waals surface area contributed by atoms with Gasteiger partial charge in [0.1, 0.15) is 6.61 Å². The molecule has 2 saturated carbocycles. The van der Waals surface area contributed by atoms with Crippen LogP contribution in [0, 0.1) is 11.3 Å². The van der Waals surface area contributed by atoms with E-state index in [2.05, 4.69) is 42.1 Å². The maximum atomic E-state index is 11.4. The van der Waals surface area contributed by atoms with E-state index in [9.17, 15) is 5.11 Å². The van der Waals surface area contributed by atoms with Gasteiger partial charge in [-0.25, -0.2) is 9.59 Å². The molecule has 0 bridgehead atoms. The quantitative estimate of drug-likeness (QED) is 0.132. The zero-order valence-electron chi connectivity index (χ0n) is 21.3. The highest BCUT2D eigenvalue weighted by atomic mass is 16.6. The number of rotatable bonds is 11. The summed E-state index contributed by atoms with van der Waals surface area (Å²) in [5, 5.41) is 30.4. The molecule has 10 heteroatoms. The van der Waals surface area contributed by atoms with Gasteiger partial charge < -0.3 is 34.7 Å². The molecule has 0 unspecified atom stereocenters. The van der Waals surface area contributed by atoms with Crippen molar-refractivity contribution in [3.8, 4) is 0 Å². The summed E-state index contributed by atoms with van der Waals surface area (Å²) >= 11 is 0. The Morgan fingerprint density at radius 3 is 2.26 bits per heavy atom. The zero-order chi connectivity index (χ0) is 25.8. The van der Waals surface area contributed by atoms with Crippen molar-refractivity contribution in [2.75, 3.05) is 61.1 Å². The molecule has 0 aromatic rings. The van der Waals surface area contributed by atoms with Crippen molar-refractivity contribution in [2.45, 2.75) is 51.0 Å². The molecule has 3 N–H and O–H groups in total. The van der Waals surface area contributed by atoms with Crippen LogP contribution in [-0.2, 0) is 19.2 Å². The molecule has 0 heterocycles. The third-order valence-electron chi connectivity index (χ3n) is 6.74. The number of aliphatic hydroxyl groups is 1. The second kappa shape index (κ2) is 14.4. The molecule has 0 spiro atoms. The predicted octanol–water partition coefficient (Wildman–Crippen LogP) is 1.93. The van der Waals surface area contributed by atoms with Crippen LogP contribution in [0.3, 0.4) is 0 Å². The number of carboxylic acids is 2. The van der Waals surface area contributed by atoms with E-state index in [1.807, 2.05) is 20.3 Å². The van der Waals surface area contributed by atoms with Crippen molar-refractivity contribution in [3.05, 3.63) is 11.6 Å². The van der Waals surface area contributed by atoms with Crippen LogP contribution in [0.15, 0.2) is 16.8 Å². The SMILES string of the molecule is CN(C)CCOCC/C=C1/CC[C@]2(C)[C@@H](/C=N/OCCN(C)C)CC[C@]2(O)C1.O=C(O)C(=O)O. The average Bonchev–Trinajstić information content (AvgIpc) is 3.00. The van der Waals surface area contributed by atoms with Gasteiger partial charge in [-0.1, -0.05) is 23.7 Å². The molecule has 0 aromatic heterocycles. The highest BCUT2D eigenvalue weighted by molar-refractivity contribution is 6.27. The van der Waals surface area contributed by atoms with Gasteiger partial charge in [0.15, 0.2) is 0 Å². The molecule has 34 heavy (non-hydrogen) atoms. The fourth-order valence-corrected chi connectivity index (χ4v) is 4.44. The Labute approximate surface area is 203 Å². The van der Waals surface area contributed by atoms with Gasteiger partial charge in [-0.3, -0.25) is 0 Å². The van der Waals surface area contributed by atoms with Crippen molar-refractivity contribution in [3.63, 3.8) is 0 Å². The topological polar surface area (TPSA) is 132 Å². The van der Waals surface area contributed by atoms with E-state index in [4.69, 9.17) is 29.4 Å². The number of ether oxygens (including phenoxy) is 1. The number of aliphatic carboxylic acids is 2. The third kappa shape index (κ3) is 9.69. The molecule has 0 amide bonds. The number of hydrogen-bond donors (Lipinski definition) is 3. The van der Waals surface area contributed by atoms with Gasteiger partial charge in [-0.05, 0) is 66.7 Å². The Kier molecular flexibility index (Phi) is 12.7. The lowest BCUT2D eigenvalue weighted by Crippen LogP contribution is -2.48. The van der Waals surface area contributed by atoms with Crippen molar-refractivity contribution >= 4 is 18.2 Å². The van der Waals surface area contributed by atoms with Crippen LogP contribution in [0.25, 0.3) is 0 Å². The van der Waals surface area contributed by atoms with Crippen LogP contribution in [0.1, 0.15) is 45.4 Å². The second-order valence-electron chi connectivity index (χ2n) is 9.84. The van der Waals surface area contributed by atoms with Crippen LogP contribution in [0.4, 0.5) is 0 Å². The minimum Gasteiger partial charge on any atom is -0.473 e. The first-order valence-electron chi connectivity index (χ1n) is 11.8. The van der Waals surface area contributed by atoms with Crippen LogP contribution < -0.4 is 0 Å². The fourth-order valence-electron chi connectivity index (χ4n) is 4.44. The first-order chi connectivity index (χ1) is 15.9. The van der Waals surface area contributed by atoms with Crippen molar-refractivity contribution in [1.82, 2.24) is 9.80 Å². The Hall–Kier alpha value is -2.01.